The van der Waals surface area contributed by atoms with Crippen molar-refractivity contribution in [3.05, 3.63) is 60.4 Å². The monoisotopic (exact) mass is 236 g/mol. The van der Waals surface area contributed by atoms with Gasteiger partial charge in [-0.2, -0.15) is 5.10 Å². The highest BCUT2D eigenvalue weighted by atomic mass is 15.2. The van der Waals surface area contributed by atoms with Gasteiger partial charge in [0.15, 0.2) is 0 Å². The minimum absolute atomic E-state index is 0.463. The molecule has 2 aromatic heterocycles. The Balaban J connectivity index is 2.11. The lowest BCUT2D eigenvalue weighted by atomic mass is 10.1. The predicted molar refractivity (Wildman–Crippen MR) is 74.7 cm³/mol. The maximum absolute atomic E-state index is 4.56. The van der Waals surface area contributed by atoms with Gasteiger partial charge in [0.05, 0.1) is 11.2 Å². The number of rotatable bonds is 2. The summed E-state index contributed by atoms with van der Waals surface area (Å²) in [4.78, 5) is 0. The third-order valence-corrected chi connectivity index (χ3v) is 3.18. The molecule has 2 heteroatoms. The fraction of sp³-hybridized carbons (Fsp3) is 0.188. The lowest BCUT2D eigenvalue weighted by Crippen LogP contribution is -1.90. The van der Waals surface area contributed by atoms with Gasteiger partial charge in [-0.05, 0) is 35.2 Å². The molecule has 2 heterocycles. The molecule has 0 radical (unpaired) electrons. The molecule has 90 valence electrons. The number of fused-ring (bicyclic) bond motifs is 1. The van der Waals surface area contributed by atoms with Crippen molar-refractivity contribution in [1.29, 1.82) is 0 Å². The first-order valence-corrected chi connectivity index (χ1v) is 6.29. The highest BCUT2D eigenvalue weighted by Crippen LogP contribution is 2.22. The van der Waals surface area contributed by atoms with Crippen LogP contribution in [-0.2, 0) is 0 Å². The molecule has 0 bridgehead atoms. The van der Waals surface area contributed by atoms with Gasteiger partial charge in [-0.3, -0.25) is 0 Å². The Bertz CT molecular complexity index is 666. The molecule has 0 amide bonds. The quantitative estimate of drug-likeness (QED) is 0.654. The molecule has 0 saturated heterocycles. The van der Waals surface area contributed by atoms with Crippen LogP contribution in [0.3, 0.4) is 0 Å². The number of benzene rings is 1. The second-order valence-electron chi connectivity index (χ2n) is 4.87. The Morgan fingerprint density at radius 3 is 2.44 bits per heavy atom. The Morgan fingerprint density at radius 2 is 1.72 bits per heavy atom. The van der Waals surface area contributed by atoms with E-state index in [-0.39, 0.29) is 0 Å². The van der Waals surface area contributed by atoms with Crippen molar-refractivity contribution in [3.63, 3.8) is 0 Å². The standard InChI is InChI=1S/C16H16N2/c1-12(2)16-11-15-10-14(8-9-18(15)17-16)13-6-4-3-5-7-13/h3-12H,1-2H3. The number of hydrogen-bond acceptors (Lipinski definition) is 1. The average molecular weight is 236 g/mol. The van der Waals surface area contributed by atoms with E-state index < -0.39 is 0 Å². The second-order valence-corrected chi connectivity index (χ2v) is 4.87. The number of aromatic nitrogens is 2. The zero-order chi connectivity index (χ0) is 12.5. The molecule has 0 N–H and O–H groups in total. The third-order valence-electron chi connectivity index (χ3n) is 3.18. The second kappa shape index (κ2) is 4.30. The zero-order valence-electron chi connectivity index (χ0n) is 10.7. The van der Waals surface area contributed by atoms with Gasteiger partial charge in [-0.1, -0.05) is 44.2 Å². The van der Waals surface area contributed by atoms with Crippen LogP contribution in [0.2, 0.25) is 0 Å². The van der Waals surface area contributed by atoms with Crippen LogP contribution in [0.5, 0.6) is 0 Å². The molecule has 0 aliphatic carbocycles. The predicted octanol–water partition coefficient (Wildman–Crippen LogP) is 4.12. The van der Waals surface area contributed by atoms with Gasteiger partial charge >= 0.3 is 0 Å². The molecular weight excluding hydrogens is 220 g/mol. The number of hydrogen-bond donors (Lipinski definition) is 0. The SMILES string of the molecule is CC(C)c1cc2cc(-c3ccccc3)ccn2n1. The molecule has 0 unspecified atom stereocenters. The molecule has 0 aliphatic rings. The molecule has 0 aliphatic heterocycles. The summed E-state index contributed by atoms with van der Waals surface area (Å²) >= 11 is 0. The van der Waals surface area contributed by atoms with Crippen LogP contribution in [-0.4, -0.2) is 9.61 Å². The Kier molecular flexibility index (Phi) is 2.63. The normalized spacial score (nSPS) is 11.3. The van der Waals surface area contributed by atoms with E-state index in [2.05, 4.69) is 61.4 Å². The van der Waals surface area contributed by atoms with Crippen molar-refractivity contribution >= 4 is 5.52 Å². The van der Waals surface area contributed by atoms with Gasteiger partial charge in [0.1, 0.15) is 0 Å². The Labute approximate surface area is 107 Å². The molecule has 1 aromatic carbocycles. The van der Waals surface area contributed by atoms with E-state index >= 15 is 0 Å². The summed E-state index contributed by atoms with van der Waals surface area (Å²) in [6.45, 7) is 4.33. The van der Waals surface area contributed by atoms with Crippen molar-refractivity contribution in [2.24, 2.45) is 0 Å². The highest BCUT2D eigenvalue weighted by Gasteiger charge is 2.06. The lowest BCUT2D eigenvalue weighted by molar-refractivity contribution is 0.788. The maximum Gasteiger partial charge on any atom is 0.0670 e. The van der Waals surface area contributed by atoms with Crippen molar-refractivity contribution < 1.29 is 0 Å². The average Bonchev–Trinajstić information content (AvgIpc) is 2.82. The smallest absolute Gasteiger partial charge is 0.0670 e. The topological polar surface area (TPSA) is 17.3 Å². The van der Waals surface area contributed by atoms with Crippen molar-refractivity contribution in [2.45, 2.75) is 19.8 Å². The van der Waals surface area contributed by atoms with Crippen molar-refractivity contribution in [1.82, 2.24) is 9.61 Å². The van der Waals surface area contributed by atoms with E-state index in [1.807, 2.05) is 16.8 Å². The largest absolute Gasteiger partial charge is 0.241 e. The van der Waals surface area contributed by atoms with Crippen LogP contribution in [0, 0.1) is 0 Å². The molecule has 0 fully saturated rings. The molecule has 3 aromatic rings. The summed E-state index contributed by atoms with van der Waals surface area (Å²) in [6.07, 6.45) is 2.03. The van der Waals surface area contributed by atoms with Crippen LogP contribution in [0.4, 0.5) is 0 Å². The van der Waals surface area contributed by atoms with E-state index in [4.69, 9.17) is 0 Å². The van der Waals surface area contributed by atoms with E-state index in [9.17, 15) is 0 Å². The summed E-state index contributed by atoms with van der Waals surface area (Å²) < 4.78 is 1.95. The minimum atomic E-state index is 0.463. The number of nitrogens with zero attached hydrogens (tertiary/aromatic N) is 2. The lowest BCUT2D eigenvalue weighted by Gasteiger charge is -2.01. The summed E-state index contributed by atoms with van der Waals surface area (Å²) in [6, 6.07) is 16.9. The van der Waals surface area contributed by atoms with Crippen LogP contribution < -0.4 is 0 Å². The first kappa shape index (κ1) is 11.0. The summed E-state index contributed by atoms with van der Waals surface area (Å²) in [5.74, 6) is 0.463. The van der Waals surface area contributed by atoms with Crippen LogP contribution >= 0.6 is 0 Å². The summed E-state index contributed by atoms with van der Waals surface area (Å²) in [5, 5.41) is 4.56. The molecule has 3 rings (SSSR count). The zero-order valence-corrected chi connectivity index (χ0v) is 10.7. The molecular formula is C16H16N2. The fourth-order valence-electron chi connectivity index (χ4n) is 2.11. The molecule has 18 heavy (non-hydrogen) atoms. The maximum atomic E-state index is 4.56. The van der Waals surface area contributed by atoms with Crippen LogP contribution in [0.15, 0.2) is 54.7 Å². The van der Waals surface area contributed by atoms with E-state index in [0.29, 0.717) is 5.92 Å². The van der Waals surface area contributed by atoms with Crippen LogP contribution in [0.25, 0.3) is 16.6 Å². The van der Waals surface area contributed by atoms with Gasteiger partial charge in [0.2, 0.25) is 0 Å². The van der Waals surface area contributed by atoms with Gasteiger partial charge in [-0.25, -0.2) is 4.52 Å². The van der Waals surface area contributed by atoms with Crippen LogP contribution in [0.1, 0.15) is 25.5 Å². The molecule has 0 saturated carbocycles. The minimum Gasteiger partial charge on any atom is -0.241 e. The van der Waals surface area contributed by atoms with Gasteiger partial charge in [0.25, 0.3) is 0 Å². The molecule has 0 spiro atoms. The van der Waals surface area contributed by atoms with Gasteiger partial charge < -0.3 is 0 Å². The first-order valence-electron chi connectivity index (χ1n) is 6.29. The summed E-state index contributed by atoms with van der Waals surface area (Å²) in [7, 11) is 0. The first-order chi connectivity index (χ1) is 8.74. The Hall–Kier alpha value is -2.09. The van der Waals surface area contributed by atoms with Crippen molar-refractivity contribution in [2.75, 3.05) is 0 Å². The van der Waals surface area contributed by atoms with Gasteiger partial charge in [0, 0.05) is 6.20 Å². The Morgan fingerprint density at radius 1 is 0.944 bits per heavy atom. The van der Waals surface area contributed by atoms with Crippen molar-refractivity contribution in [3.8, 4) is 11.1 Å². The molecule has 0 atom stereocenters. The summed E-state index contributed by atoms with van der Waals surface area (Å²) in [5.41, 5.74) is 4.77. The highest BCUT2D eigenvalue weighted by molar-refractivity contribution is 5.68. The van der Waals surface area contributed by atoms with E-state index in [0.717, 1.165) is 11.2 Å². The number of pyridine rings is 1. The van der Waals surface area contributed by atoms with E-state index in [1.165, 1.54) is 11.1 Å². The third kappa shape index (κ3) is 1.90. The van der Waals surface area contributed by atoms with E-state index in [1.54, 1.807) is 0 Å². The fourth-order valence-corrected chi connectivity index (χ4v) is 2.11. The van der Waals surface area contributed by atoms with Gasteiger partial charge in [-0.15, -0.1) is 0 Å². The molecule has 2 nitrogen and oxygen atoms in total.